The number of anilines is 2. The van der Waals surface area contributed by atoms with Gasteiger partial charge in [0.2, 0.25) is 6.79 Å². The first-order chi connectivity index (χ1) is 14.3. The zero-order chi connectivity index (χ0) is 21.3. The molecule has 30 heavy (non-hydrogen) atoms. The molecule has 0 radical (unpaired) electrons. The van der Waals surface area contributed by atoms with E-state index in [9.17, 15) is 13.2 Å². The van der Waals surface area contributed by atoms with Crippen LogP contribution in [0.1, 0.15) is 21.5 Å². The molecule has 1 heterocycles. The standard InChI is InChI=1S/C22H20N2O5S/c1-14-3-7-17(8-4-14)24-30(26,27)21-11-16(6-5-15(21)2)22(25)23-18-9-10-19-20(12-18)29-13-28-19/h3-12,24H,13H2,1-2H3,(H,23,25). The van der Waals surface area contributed by atoms with Gasteiger partial charge in [-0.2, -0.15) is 0 Å². The predicted molar refractivity (Wildman–Crippen MR) is 114 cm³/mol. The highest BCUT2D eigenvalue weighted by Crippen LogP contribution is 2.34. The number of hydrogen-bond acceptors (Lipinski definition) is 5. The molecule has 0 aliphatic carbocycles. The van der Waals surface area contributed by atoms with E-state index in [1.165, 1.54) is 6.07 Å². The van der Waals surface area contributed by atoms with Crippen molar-refractivity contribution in [1.29, 1.82) is 0 Å². The van der Waals surface area contributed by atoms with Crippen LogP contribution < -0.4 is 19.5 Å². The fourth-order valence-electron chi connectivity index (χ4n) is 3.04. The zero-order valence-corrected chi connectivity index (χ0v) is 17.2. The number of nitrogens with one attached hydrogen (secondary N) is 2. The van der Waals surface area contributed by atoms with Crippen LogP contribution in [0.3, 0.4) is 0 Å². The maximum Gasteiger partial charge on any atom is 0.262 e. The van der Waals surface area contributed by atoms with Crippen LogP contribution in [0.15, 0.2) is 65.6 Å². The molecule has 2 N–H and O–H groups in total. The molecule has 1 aliphatic rings. The fourth-order valence-corrected chi connectivity index (χ4v) is 4.37. The van der Waals surface area contributed by atoms with E-state index in [4.69, 9.17) is 9.47 Å². The van der Waals surface area contributed by atoms with Crippen molar-refractivity contribution in [2.45, 2.75) is 18.7 Å². The minimum absolute atomic E-state index is 0.0430. The number of rotatable bonds is 5. The van der Waals surface area contributed by atoms with Crippen LogP contribution in [0.25, 0.3) is 0 Å². The SMILES string of the molecule is Cc1ccc(NS(=O)(=O)c2cc(C(=O)Nc3ccc4c(c3)OCO4)ccc2C)cc1. The number of hydrogen-bond donors (Lipinski definition) is 2. The van der Waals surface area contributed by atoms with Crippen LogP contribution in [0.4, 0.5) is 11.4 Å². The molecule has 0 saturated carbocycles. The molecule has 154 valence electrons. The molecule has 0 spiro atoms. The molecule has 0 unspecified atom stereocenters. The molecule has 1 aliphatic heterocycles. The quantitative estimate of drug-likeness (QED) is 0.644. The van der Waals surface area contributed by atoms with Crippen molar-refractivity contribution in [3.8, 4) is 11.5 Å². The Hall–Kier alpha value is -3.52. The second-order valence-electron chi connectivity index (χ2n) is 6.97. The lowest BCUT2D eigenvalue weighted by Gasteiger charge is -2.12. The van der Waals surface area contributed by atoms with Gasteiger partial charge in [0.25, 0.3) is 15.9 Å². The van der Waals surface area contributed by atoms with Crippen LogP contribution in [-0.4, -0.2) is 21.1 Å². The number of carbonyl (C=O) groups excluding carboxylic acids is 1. The monoisotopic (exact) mass is 424 g/mol. The van der Waals surface area contributed by atoms with Crippen molar-refractivity contribution in [2.24, 2.45) is 0 Å². The topological polar surface area (TPSA) is 93.7 Å². The summed E-state index contributed by atoms with van der Waals surface area (Å²) >= 11 is 0. The van der Waals surface area contributed by atoms with Crippen molar-refractivity contribution in [3.63, 3.8) is 0 Å². The molecule has 4 rings (SSSR count). The van der Waals surface area contributed by atoms with Crippen LogP contribution >= 0.6 is 0 Å². The first kappa shape index (κ1) is 19.8. The normalized spacial score (nSPS) is 12.5. The van der Waals surface area contributed by atoms with Crippen molar-refractivity contribution in [3.05, 3.63) is 77.4 Å². The average molecular weight is 424 g/mol. The molecular formula is C22H20N2O5S. The summed E-state index contributed by atoms with van der Waals surface area (Å²) in [6.07, 6.45) is 0. The molecule has 7 nitrogen and oxygen atoms in total. The van der Waals surface area contributed by atoms with E-state index in [1.54, 1.807) is 49.4 Å². The third kappa shape index (κ3) is 4.08. The summed E-state index contributed by atoms with van der Waals surface area (Å²) in [6, 6.07) is 16.6. The Morgan fingerprint density at radius 1 is 0.867 bits per heavy atom. The highest BCUT2D eigenvalue weighted by molar-refractivity contribution is 7.92. The number of benzene rings is 3. The van der Waals surface area contributed by atoms with Gasteiger partial charge in [-0.05, 0) is 55.8 Å². The molecule has 8 heteroatoms. The third-order valence-corrected chi connectivity index (χ3v) is 6.20. The highest BCUT2D eigenvalue weighted by Gasteiger charge is 2.20. The fraction of sp³-hybridized carbons (Fsp3) is 0.136. The van der Waals surface area contributed by atoms with Gasteiger partial charge in [-0.1, -0.05) is 23.8 Å². The van der Waals surface area contributed by atoms with E-state index in [1.807, 2.05) is 19.1 Å². The first-order valence-electron chi connectivity index (χ1n) is 9.23. The lowest BCUT2D eigenvalue weighted by atomic mass is 10.1. The minimum atomic E-state index is -3.86. The second kappa shape index (κ2) is 7.72. The van der Waals surface area contributed by atoms with E-state index in [0.717, 1.165) is 5.56 Å². The van der Waals surface area contributed by atoms with Gasteiger partial charge in [-0.3, -0.25) is 9.52 Å². The van der Waals surface area contributed by atoms with Gasteiger partial charge in [-0.15, -0.1) is 0 Å². The molecule has 1 amide bonds. The van der Waals surface area contributed by atoms with Gasteiger partial charge >= 0.3 is 0 Å². The van der Waals surface area contributed by atoms with E-state index in [2.05, 4.69) is 10.0 Å². The third-order valence-electron chi connectivity index (χ3n) is 4.67. The highest BCUT2D eigenvalue weighted by atomic mass is 32.2. The summed E-state index contributed by atoms with van der Waals surface area (Å²) in [7, 11) is -3.86. The molecule has 0 atom stereocenters. The Labute approximate surface area is 174 Å². The van der Waals surface area contributed by atoms with Crippen LogP contribution in [-0.2, 0) is 10.0 Å². The lowest BCUT2D eigenvalue weighted by Crippen LogP contribution is -2.17. The van der Waals surface area contributed by atoms with E-state index in [0.29, 0.717) is 28.4 Å². The van der Waals surface area contributed by atoms with E-state index >= 15 is 0 Å². The molecule has 3 aromatic carbocycles. The van der Waals surface area contributed by atoms with E-state index < -0.39 is 15.9 Å². The maximum absolute atomic E-state index is 12.9. The van der Waals surface area contributed by atoms with Gasteiger partial charge in [0.15, 0.2) is 11.5 Å². The summed E-state index contributed by atoms with van der Waals surface area (Å²) in [6.45, 7) is 3.74. The number of carbonyl (C=O) groups is 1. The zero-order valence-electron chi connectivity index (χ0n) is 16.4. The number of aryl methyl sites for hydroxylation is 2. The average Bonchev–Trinajstić information content (AvgIpc) is 3.17. The molecule has 3 aromatic rings. The maximum atomic E-state index is 12.9. The summed E-state index contributed by atoms with van der Waals surface area (Å²) in [5, 5.41) is 2.75. The number of fused-ring (bicyclic) bond motifs is 1. The van der Waals surface area contributed by atoms with Gasteiger partial charge in [0, 0.05) is 23.0 Å². The van der Waals surface area contributed by atoms with Gasteiger partial charge in [0.05, 0.1) is 4.90 Å². The molecule has 0 aromatic heterocycles. The smallest absolute Gasteiger partial charge is 0.262 e. The summed E-state index contributed by atoms with van der Waals surface area (Å²) < 4.78 is 38.9. The number of amides is 1. The Balaban J connectivity index is 1.57. The van der Waals surface area contributed by atoms with Crippen LogP contribution in [0.2, 0.25) is 0 Å². The summed E-state index contributed by atoms with van der Waals surface area (Å²) in [4.78, 5) is 12.7. The second-order valence-corrected chi connectivity index (χ2v) is 8.62. The van der Waals surface area contributed by atoms with Crippen molar-refractivity contribution < 1.29 is 22.7 Å². The Morgan fingerprint density at radius 2 is 1.57 bits per heavy atom. The molecule has 0 fully saturated rings. The summed E-state index contributed by atoms with van der Waals surface area (Å²) in [5.74, 6) is 0.724. The lowest BCUT2D eigenvalue weighted by molar-refractivity contribution is 0.102. The molecular weight excluding hydrogens is 404 g/mol. The molecule has 0 saturated heterocycles. The Bertz CT molecular complexity index is 1220. The Morgan fingerprint density at radius 3 is 2.33 bits per heavy atom. The Kier molecular flexibility index (Phi) is 5.09. The van der Waals surface area contributed by atoms with Crippen molar-refractivity contribution in [1.82, 2.24) is 0 Å². The summed E-state index contributed by atoms with van der Waals surface area (Å²) in [5.41, 5.74) is 2.76. The van der Waals surface area contributed by atoms with Gasteiger partial charge in [-0.25, -0.2) is 8.42 Å². The van der Waals surface area contributed by atoms with Crippen molar-refractivity contribution in [2.75, 3.05) is 16.8 Å². The van der Waals surface area contributed by atoms with Crippen LogP contribution in [0, 0.1) is 13.8 Å². The van der Waals surface area contributed by atoms with E-state index in [-0.39, 0.29) is 17.3 Å². The predicted octanol–water partition coefficient (Wildman–Crippen LogP) is 4.09. The molecule has 0 bridgehead atoms. The van der Waals surface area contributed by atoms with Crippen LogP contribution in [0.5, 0.6) is 11.5 Å². The first-order valence-corrected chi connectivity index (χ1v) is 10.7. The largest absolute Gasteiger partial charge is 0.454 e. The minimum Gasteiger partial charge on any atom is -0.454 e. The van der Waals surface area contributed by atoms with Gasteiger partial charge in [0.1, 0.15) is 0 Å². The van der Waals surface area contributed by atoms with Crippen molar-refractivity contribution >= 4 is 27.3 Å². The number of ether oxygens (including phenoxy) is 2. The van der Waals surface area contributed by atoms with Gasteiger partial charge < -0.3 is 14.8 Å². The number of sulfonamides is 1.